The third-order valence-corrected chi connectivity index (χ3v) is 4.40. The number of hydrogen-bond acceptors (Lipinski definition) is 2. The fourth-order valence-electron chi connectivity index (χ4n) is 3.18. The molecular weight excluding hydrogens is 270 g/mol. The van der Waals surface area contributed by atoms with Gasteiger partial charge in [0.15, 0.2) is 0 Å². The molecule has 0 bridgehead atoms. The molecule has 1 aliphatic rings. The van der Waals surface area contributed by atoms with Gasteiger partial charge in [0.2, 0.25) is 0 Å². The second-order valence-corrected chi connectivity index (χ2v) is 6.69. The third-order valence-electron chi connectivity index (χ3n) is 4.40. The average Bonchev–Trinajstić information content (AvgIpc) is 2.71. The Bertz CT molecular complexity index is 623. The number of nitrogens with zero attached hydrogens (tertiary/aromatic N) is 2. The van der Waals surface area contributed by atoms with Crippen LogP contribution in [0.1, 0.15) is 50.4 Å². The van der Waals surface area contributed by atoms with Crippen LogP contribution < -0.4 is 5.32 Å². The van der Waals surface area contributed by atoms with Gasteiger partial charge < -0.3 is 5.32 Å². The Balaban J connectivity index is 2.03. The topological polar surface area (TPSA) is 29.9 Å². The van der Waals surface area contributed by atoms with Gasteiger partial charge in [0, 0.05) is 12.1 Å². The molecule has 0 aliphatic carbocycles. The first-order valence-corrected chi connectivity index (χ1v) is 8.63. The molecule has 3 nitrogen and oxygen atoms in total. The molecule has 2 aromatic rings. The van der Waals surface area contributed by atoms with Crippen molar-refractivity contribution in [1.82, 2.24) is 9.78 Å². The zero-order valence-corrected chi connectivity index (χ0v) is 14.0. The van der Waals surface area contributed by atoms with Crippen molar-refractivity contribution < 1.29 is 0 Å². The molecule has 0 spiro atoms. The molecule has 0 saturated carbocycles. The molecule has 0 amide bonds. The first-order chi connectivity index (χ1) is 10.7. The monoisotopic (exact) mass is 297 g/mol. The van der Waals surface area contributed by atoms with Crippen molar-refractivity contribution in [2.75, 3.05) is 11.9 Å². The summed E-state index contributed by atoms with van der Waals surface area (Å²) >= 11 is 0. The summed E-state index contributed by atoms with van der Waals surface area (Å²) in [7, 11) is 0. The molecule has 22 heavy (non-hydrogen) atoms. The van der Waals surface area contributed by atoms with Crippen LogP contribution in [0.5, 0.6) is 0 Å². The van der Waals surface area contributed by atoms with Crippen molar-refractivity contribution in [3.8, 4) is 5.69 Å². The lowest BCUT2D eigenvalue weighted by Crippen LogP contribution is -2.07. The van der Waals surface area contributed by atoms with E-state index in [0.29, 0.717) is 5.92 Å². The van der Waals surface area contributed by atoms with E-state index in [4.69, 9.17) is 5.10 Å². The summed E-state index contributed by atoms with van der Waals surface area (Å²) in [6.45, 7) is 7.78. The number of fused-ring (bicyclic) bond motifs is 1. The second kappa shape index (κ2) is 6.55. The Morgan fingerprint density at radius 3 is 2.64 bits per heavy atom. The highest BCUT2D eigenvalue weighted by Gasteiger charge is 2.20. The van der Waals surface area contributed by atoms with E-state index in [2.05, 4.69) is 55.0 Å². The fraction of sp³-hybridized carbons (Fsp3) is 0.526. The molecule has 1 aromatic heterocycles. The van der Waals surface area contributed by atoms with E-state index >= 15 is 0 Å². The van der Waals surface area contributed by atoms with Crippen LogP contribution >= 0.6 is 0 Å². The first kappa shape index (κ1) is 15.1. The Morgan fingerprint density at radius 1 is 1.18 bits per heavy atom. The summed E-state index contributed by atoms with van der Waals surface area (Å²) in [5, 5.41) is 8.57. The molecule has 0 unspecified atom stereocenters. The fourth-order valence-corrected chi connectivity index (χ4v) is 3.18. The van der Waals surface area contributed by atoms with Gasteiger partial charge in [-0.1, -0.05) is 32.9 Å². The van der Waals surface area contributed by atoms with E-state index < -0.39 is 0 Å². The minimum Gasteiger partial charge on any atom is -0.370 e. The molecule has 3 rings (SSSR count). The Kier molecular flexibility index (Phi) is 4.51. The molecule has 1 N–H and O–H groups in total. The summed E-state index contributed by atoms with van der Waals surface area (Å²) in [6.07, 6.45) is 5.78. The maximum absolute atomic E-state index is 4.95. The van der Waals surface area contributed by atoms with Gasteiger partial charge in [0.1, 0.15) is 5.82 Å². The molecule has 118 valence electrons. The van der Waals surface area contributed by atoms with Crippen LogP contribution in [-0.4, -0.2) is 16.3 Å². The van der Waals surface area contributed by atoms with Gasteiger partial charge in [-0.3, -0.25) is 0 Å². The van der Waals surface area contributed by atoms with Crippen LogP contribution in [0.25, 0.3) is 5.69 Å². The first-order valence-electron chi connectivity index (χ1n) is 8.63. The predicted molar refractivity (Wildman–Crippen MR) is 92.9 cm³/mol. The summed E-state index contributed by atoms with van der Waals surface area (Å²) in [4.78, 5) is 0. The SMILES string of the molecule is CCc1ccc(-n2nc(CC(C)C)c3c2NCCCC3)cc1. The Labute approximate surface area is 133 Å². The zero-order valence-electron chi connectivity index (χ0n) is 14.0. The van der Waals surface area contributed by atoms with E-state index in [1.807, 2.05) is 0 Å². The van der Waals surface area contributed by atoms with E-state index in [1.165, 1.54) is 35.5 Å². The normalized spacial score (nSPS) is 14.5. The molecule has 0 fully saturated rings. The largest absolute Gasteiger partial charge is 0.370 e. The minimum absolute atomic E-state index is 0.637. The zero-order chi connectivity index (χ0) is 15.5. The average molecular weight is 297 g/mol. The molecule has 2 heterocycles. The van der Waals surface area contributed by atoms with Gasteiger partial charge in [-0.05, 0) is 55.7 Å². The molecule has 0 atom stereocenters. The number of nitrogens with one attached hydrogen (secondary N) is 1. The molecule has 0 radical (unpaired) electrons. The van der Waals surface area contributed by atoms with Crippen LogP contribution in [0.2, 0.25) is 0 Å². The summed E-state index contributed by atoms with van der Waals surface area (Å²) < 4.78 is 2.12. The number of aryl methyl sites for hydroxylation is 1. The molecule has 0 saturated heterocycles. The van der Waals surface area contributed by atoms with E-state index in [1.54, 1.807) is 0 Å². The highest BCUT2D eigenvalue weighted by Crippen LogP contribution is 2.29. The molecular formula is C19H27N3. The molecule has 1 aliphatic heterocycles. The number of benzene rings is 1. The van der Waals surface area contributed by atoms with Gasteiger partial charge in [-0.15, -0.1) is 0 Å². The van der Waals surface area contributed by atoms with Crippen molar-refractivity contribution in [1.29, 1.82) is 0 Å². The summed E-state index contributed by atoms with van der Waals surface area (Å²) in [5.41, 5.74) is 5.25. The summed E-state index contributed by atoms with van der Waals surface area (Å²) in [6, 6.07) is 8.81. The molecule has 1 aromatic carbocycles. The van der Waals surface area contributed by atoms with E-state index in [0.717, 1.165) is 31.5 Å². The smallest absolute Gasteiger partial charge is 0.133 e. The lowest BCUT2D eigenvalue weighted by molar-refractivity contribution is 0.622. The lowest BCUT2D eigenvalue weighted by atomic mass is 10.0. The highest BCUT2D eigenvalue weighted by molar-refractivity contribution is 5.54. The van der Waals surface area contributed by atoms with E-state index in [9.17, 15) is 0 Å². The quantitative estimate of drug-likeness (QED) is 0.907. The van der Waals surface area contributed by atoms with Gasteiger partial charge in [0.25, 0.3) is 0 Å². The second-order valence-electron chi connectivity index (χ2n) is 6.69. The van der Waals surface area contributed by atoms with Crippen molar-refractivity contribution in [3.63, 3.8) is 0 Å². The van der Waals surface area contributed by atoms with Crippen molar-refractivity contribution in [3.05, 3.63) is 41.1 Å². The highest BCUT2D eigenvalue weighted by atomic mass is 15.3. The maximum atomic E-state index is 4.95. The standard InChI is InChI=1S/C19H27N3/c1-4-15-8-10-16(11-9-15)22-19-17(7-5-6-12-20-19)18(21-22)13-14(2)3/h8-11,14,20H,4-7,12-13H2,1-3H3. The van der Waals surface area contributed by atoms with Crippen molar-refractivity contribution >= 4 is 5.82 Å². The van der Waals surface area contributed by atoms with Gasteiger partial charge >= 0.3 is 0 Å². The number of hydrogen-bond donors (Lipinski definition) is 1. The van der Waals surface area contributed by atoms with Crippen LogP contribution in [0.4, 0.5) is 5.82 Å². The van der Waals surface area contributed by atoms with Gasteiger partial charge in [-0.25, -0.2) is 4.68 Å². The molecule has 3 heteroatoms. The van der Waals surface area contributed by atoms with Crippen LogP contribution in [0, 0.1) is 5.92 Å². The van der Waals surface area contributed by atoms with Crippen LogP contribution in [-0.2, 0) is 19.3 Å². The third kappa shape index (κ3) is 3.03. The van der Waals surface area contributed by atoms with Gasteiger partial charge in [0.05, 0.1) is 11.4 Å². The van der Waals surface area contributed by atoms with E-state index in [-0.39, 0.29) is 0 Å². The van der Waals surface area contributed by atoms with Crippen LogP contribution in [0.3, 0.4) is 0 Å². The number of anilines is 1. The number of rotatable bonds is 4. The lowest BCUT2D eigenvalue weighted by Gasteiger charge is -2.09. The minimum atomic E-state index is 0.637. The summed E-state index contributed by atoms with van der Waals surface area (Å²) in [5.74, 6) is 1.86. The maximum Gasteiger partial charge on any atom is 0.133 e. The van der Waals surface area contributed by atoms with Crippen molar-refractivity contribution in [2.45, 2.75) is 52.9 Å². The number of aromatic nitrogens is 2. The Hall–Kier alpha value is -1.77. The van der Waals surface area contributed by atoms with Crippen molar-refractivity contribution in [2.24, 2.45) is 5.92 Å². The van der Waals surface area contributed by atoms with Crippen LogP contribution in [0.15, 0.2) is 24.3 Å². The predicted octanol–water partition coefficient (Wildman–Crippen LogP) is 4.38. The Morgan fingerprint density at radius 2 is 1.95 bits per heavy atom. The van der Waals surface area contributed by atoms with Gasteiger partial charge in [-0.2, -0.15) is 5.10 Å².